The molecule has 0 aromatic carbocycles. The van der Waals surface area contributed by atoms with E-state index < -0.39 is 17.2 Å². The van der Waals surface area contributed by atoms with Crippen molar-refractivity contribution in [2.75, 3.05) is 0 Å². The Hall–Kier alpha value is -0.770. The number of hydrogen-bond donors (Lipinski definition) is 0. The molecule has 0 saturated heterocycles. The first-order valence-electron chi connectivity index (χ1n) is 5.49. The van der Waals surface area contributed by atoms with Gasteiger partial charge >= 0.3 is 6.18 Å². The van der Waals surface area contributed by atoms with Crippen molar-refractivity contribution in [1.29, 1.82) is 0 Å². The summed E-state index contributed by atoms with van der Waals surface area (Å²) in [7, 11) is 0. The Morgan fingerprint density at radius 3 is 2.71 bits per heavy atom. The van der Waals surface area contributed by atoms with Gasteiger partial charge in [0.15, 0.2) is 0 Å². The molecular formula is C12H13ClF3N. The van der Waals surface area contributed by atoms with Crippen LogP contribution in [0.2, 0.25) is 0 Å². The van der Waals surface area contributed by atoms with Crippen molar-refractivity contribution in [3.8, 4) is 0 Å². The Morgan fingerprint density at radius 1 is 1.47 bits per heavy atom. The smallest absolute Gasteiger partial charge is 0.264 e. The molecule has 5 heteroatoms. The molecular weight excluding hydrogens is 251 g/mol. The number of alkyl halides is 4. The lowest BCUT2D eigenvalue weighted by Gasteiger charge is -2.27. The molecule has 0 radical (unpaired) electrons. The van der Waals surface area contributed by atoms with Crippen LogP contribution in [0.3, 0.4) is 0 Å². The second-order valence-electron chi connectivity index (χ2n) is 4.82. The summed E-state index contributed by atoms with van der Waals surface area (Å²) in [5, 5.41) is -0.0405. The monoisotopic (exact) mass is 263 g/mol. The van der Waals surface area contributed by atoms with Crippen molar-refractivity contribution in [2.45, 2.75) is 43.2 Å². The summed E-state index contributed by atoms with van der Waals surface area (Å²) in [6.45, 7) is 1.83. The summed E-state index contributed by atoms with van der Waals surface area (Å²) >= 11 is 6.01. The van der Waals surface area contributed by atoms with Gasteiger partial charge in [-0.2, -0.15) is 13.2 Å². The Bertz CT molecular complexity index is 418. The van der Waals surface area contributed by atoms with E-state index in [-0.39, 0.29) is 10.9 Å². The predicted octanol–water partition coefficient (Wildman–Crippen LogP) is 4.15. The molecule has 0 aliphatic heterocycles. The van der Waals surface area contributed by atoms with Gasteiger partial charge in [-0.25, -0.2) is 0 Å². The van der Waals surface area contributed by atoms with Crippen molar-refractivity contribution >= 4 is 11.6 Å². The first-order chi connectivity index (χ1) is 7.83. The van der Waals surface area contributed by atoms with Gasteiger partial charge in [0.1, 0.15) is 0 Å². The lowest BCUT2D eigenvalue weighted by atomic mass is 9.79. The van der Waals surface area contributed by atoms with Crippen LogP contribution in [0.25, 0.3) is 0 Å². The minimum absolute atomic E-state index is 0.0405. The molecule has 1 fully saturated rings. The van der Waals surface area contributed by atoms with Crippen molar-refractivity contribution in [3.05, 3.63) is 29.6 Å². The third-order valence-electron chi connectivity index (χ3n) is 3.46. The van der Waals surface area contributed by atoms with Crippen LogP contribution in [-0.2, 0) is 11.6 Å². The van der Waals surface area contributed by atoms with E-state index in [0.717, 1.165) is 12.5 Å². The largest absolute Gasteiger partial charge is 0.416 e. The van der Waals surface area contributed by atoms with Crippen molar-refractivity contribution in [3.63, 3.8) is 0 Å². The van der Waals surface area contributed by atoms with Gasteiger partial charge in [-0.1, -0.05) is 6.92 Å². The first-order valence-corrected chi connectivity index (χ1v) is 5.92. The van der Waals surface area contributed by atoms with E-state index in [1.165, 1.54) is 12.4 Å². The van der Waals surface area contributed by atoms with E-state index in [9.17, 15) is 13.2 Å². The topological polar surface area (TPSA) is 12.9 Å². The van der Waals surface area contributed by atoms with E-state index in [0.29, 0.717) is 12.8 Å². The molecule has 0 spiro atoms. The standard InChI is InChI=1S/C12H13ClF3N/c1-11(4-2-8(13)6-11)10-7-17-5-3-9(10)12(14,15)16/h3,5,7-8H,2,4,6H2,1H3. The average molecular weight is 264 g/mol. The van der Waals surface area contributed by atoms with Crippen molar-refractivity contribution in [1.82, 2.24) is 4.98 Å². The molecule has 0 amide bonds. The Labute approximate surface area is 103 Å². The van der Waals surface area contributed by atoms with E-state index in [4.69, 9.17) is 11.6 Å². The van der Waals surface area contributed by atoms with Gasteiger partial charge in [-0.15, -0.1) is 11.6 Å². The first kappa shape index (κ1) is 12.7. The Kier molecular flexibility index (Phi) is 3.10. The third-order valence-corrected chi connectivity index (χ3v) is 3.83. The zero-order valence-corrected chi connectivity index (χ0v) is 10.1. The molecule has 1 nitrogen and oxygen atoms in total. The fourth-order valence-corrected chi connectivity index (χ4v) is 2.99. The molecule has 1 aromatic rings. The van der Waals surface area contributed by atoms with E-state index in [1.807, 2.05) is 6.92 Å². The minimum Gasteiger partial charge on any atom is -0.264 e. The fraction of sp³-hybridized carbons (Fsp3) is 0.583. The highest BCUT2D eigenvalue weighted by Crippen LogP contribution is 2.46. The number of nitrogens with zero attached hydrogens (tertiary/aromatic N) is 1. The minimum atomic E-state index is -4.33. The summed E-state index contributed by atoms with van der Waals surface area (Å²) < 4.78 is 38.7. The lowest BCUT2D eigenvalue weighted by molar-refractivity contribution is -0.138. The van der Waals surface area contributed by atoms with Gasteiger partial charge in [0.2, 0.25) is 0 Å². The maximum absolute atomic E-state index is 12.9. The summed E-state index contributed by atoms with van der Waals surface area (Å²) in [5.74, 6) is 0. The number of rotatable bonds is 1. The van der Waals surface area contributed by atoms with Gasteiger partial charge in [-0.05, 0) is 36.3 Å². The molecule has 2 unspecified atom stereocenters. The highest BCUT2D eigenvalue weighted by atomic mass is 35.5. The van der Waals surface area contributed by atoms with Gasteiger partial charge < -0.3 is 0 Å². The number of hydrogen-bond acceptors (Lipinski definition) is 1. The van der Waals surface area contributed by atoms with Crippen LogP contribution < -0.4 is 0 Å². The SMILES string of the molecule is CC1(c2cnccc2C(F)(F)F)CCC(Cl)C1. The molecule has 1 aromatic heterocycles. The molecule has 1 saturated carbocycles. The molecule has 94 valence electrons. The van der Waals surface area contributed by atoms with E-state index in [2.05, 4.69) is 4.98 Å². The maximum atomic E-state index is 12.9. The number of halogens is 4. The molecule has 2 rings (SSSR count). The van der Waals surface area contributed by atoms with Crippen LogP contribution in [-0.4, -0.2) is 10.4 Å². The number of aromatic nitrogens is 1. The highest BCUT2D eigenvalue weighted by Gasteiger charge is 2.42. The molecule has 2 atom stereocenters. The number of pyridine rings is 1. The maximum Gasteiger partial charge on any atom is 0.416 e. The van der Waals surface area contributed by atoms with E-state index in [1.54, 1.807) is 0 Å². The molecule has 1 aliphatic rings. The summed E-state index contributed by atoms with van der Waals surface area (Å²) in [4.78, 5) is 3.83. The normalized spacial score (nSPS) is 29.6. The fourth-order valence-electron chi connectivity index (χ4n) is 2.54. The van der Waals surface area contributed by atoms with Crippen LogP contribution in [0.15, 0.2) is 18.5 Å². The van der Waals surface area contributed by atoms with Gasteiger partial charge in [-0.3, -0.25) is 4.98 Å². The van der Waals surface area contributed by atoms with Crippen LogP contribution in [0, 0.1) is 0 Å². The molecule has 0 N–H and O–H groups in total. The molecule has 1 heterocycles. The molecule has 0 bridgehead atoms. The van der Waals surface area contributed by atoms with Gasteiger partial charge in [0, 0.05) is 17.8 Å². The van der Waals surface area contributed by atoms with E-state index >= 15 is 0 Å². The summed E-state index contributed by atoms with van der Waals surface area (Å²) in [5.41, 5.74) is -0.817. The second kappa shape index (κ2) is 4.16. The van der Waals surface area contributed by atoms with Crippen LogP contribution >= 0.6 is 11.6 Å². The van der Waals surface area contributed by atoms with Crippen LogP contribution in [0.5, 0.6) is 0 Å². The molecule has 17 heavy (non-hydrogen) atoms. The van der Waals surface area contributed by atoms with Crippen LogP contribution in [0.1, 0.15) is 37.3 Å². The Balaban J connectivity index is 2.46. The second-order valence-corrected chi connectivity index (χ2v) is 5.44. The lowest BCUT2D eigenvalue weighted by Crippen LogP contribution is -2.23. The third kappa shape index (κ3) is 2.41. The highest BCUT2D eigenvalue weighted by molar-refractivity contribution is 6.20. The van der Waals surface area contributed by atoms with Crippen molar-refractivity contribution < 1.29 is 13.2 Å². The van der Waals surface area contributed by atoms with Gasteiger partial charge in [0.25, 0.3) is 0 Å². The van der Waals surface area contributed by atoms with Crippen molar-refractivity contribution in [2.24, 2.45) is 0 Å². The average Bonchev–Trinajstić information content (AvgIpc) is 2.59. The van der Waals surface area contributed by atoms with Gasteiger partial charge in [0.05, 0.1) is 5.56 Å². The quantitative estimate of drug-likeness (QED) is 0.694. The zero-order chi connectivity index (χ0) is 12.7. The summed E-state index contributed by atoms with van der Waals surface area (Å²) in [6.07, 6.45) is 0.190. The molecule has 1 aliphatic carbocycles. The zero-order valence-electron chi connectivity index (χ0n) is 9.39. The predicted molar refractivity (Wildman–Crippen MR) is 60.1 cm³/mol. The Morgan fingerprint density at radius 2 is 2.18 bits per heavy atom. The van der Waals surface area contributed by atoms with Crippen LogP contribution in [0.4, 0.5) is 13.2 Å². The summed E-state index contributed by atoms with van der Waals surface area (Å²) in [6, 6.07) is 1.04.